The molecule has 5 aliphatic carbocycles. The van der Waals surface area contributed by atoms with Crippen LogP contribution >= 0.6 is 0 Å². The third kappa shape index (κ3) is 4.32. The molecule has 0 amide bonds. The number of benzene rings is 8. The Morgan fingerprint density at radius 2 is 1.15 bits per heavy atom. The van der Waals surface area contributed by atoms with Crippen molar-refractivity contribution in [2.45, 2.75) is 37.5 Å². The van der Waals surface area contributed by atoms with E-state index < -0.39 is 0 Å². The first-order chi connectivity index (χ1) is 29.2. The fourth-order valence-corrected chi connectivity index (χ4v) is 13.3. The van der Waals surface area contributed by atoms with Gasteiger partial charge in [0.1, 0.15) is 0 Å². The quantitative estimate of drug-likeness (QED) is 0.180. The lowest BCUT2D eigenvalue weighted by Gasteiger charge is -2.61. The maximum Gasteiger partial charge on any atom is 0.160 e. The smallest absolute Gasteiger partial charge is 0.160 e. The average molecular weight is 756 g/mol. The molecule has 4 fully saturated rings. The summed E-state index contributed by atoms with van der Waals surface area (Å²) in [6, 6.07) is 60.9. The van der Waals surface area contributed by atoms with Gasteiger partial charge < -0.3 is 4.57 Å². The second-order valence-corrected chi connectivity index (χ2v) is 18.1. The Kier molecular flexibility index (Phi) is 6.46. The number of fused-ring (bicyclic) bond motifs is 10. The van der Waals surface area contributed by atoms with Crippen molar-refractivity contribution in [2.75, 3.05) is 0 Å². The van der Waals surface area contributed by atoms with Crippen molar-refractivity contribution in [2.24, 2.45) is 23.7 Å². The van der Waals surface area contributed by atoms with Crippen molar-refractivity contribution in [3.8, 4) is 39.5 Å². The van der Waals surface area contributed by atoms with E-state index in [1.807, 2.05) is 0 Å². The minimum Gasteiger partial charge on any atom is -0.309 e. The van der Waals surface area contributed by atoms with Gasteiger partial charge in [-0.3, -0.25) is 0 Å². The fraction of sp³-hybridized carbons (Fsp3) is 0.179. The molecular weight excluding hydrogens is 715 g/mol. The highest BCUT2D eigenvalue weighted by Crippen LogP contribution is 2.70. The molecule has 0 aliphatic heterocycles. The monoisotopic (exact) mass is 755 g/mol. The minimum atomic E-state index is 0.106. The van der Waals surface area contributed by atoms with Crippen LogP contribution in [0.4, 0.5) is 0 Å². The zero-order valence-corrected chi connectivity index (χ0v) is 32.8. The largest absolute Gasteiger partial charge is 0.309 e. The van der Waals surface area contributed by atoms with Gasteiger partial charge in [0.15, 0.2) is 5.82 Å². The van der Waals surface area contributed by atoms with Crippen LogP contribution in [-0.4, -0.2) is 14.5 Å². The van der Waals surface area contributed by atoms with Gasteiger partial charge in [-0.15, -0.1) is 0 Å². The number of hydrogen-bond acceptors (Lipinski definition) is 2. The summed E-state index contributed by atoms with van der Waals surface area (Å²) in [6.45, 7) is 0. The summed E-state index contributed by atoms with van der Waals surface area (Å²) in [5.74, 6) is 3.99. The zero-order valence-electron chi connectivity index (χ0n) is 32.8. The van der Waals surface area contributed by atoms with Gasteiger partial charge in [0.2, 0.25) is 0 Å². The van der Waals surface area contributed by atoms with Crippen molar-refractivity contribution < 1.29 is 0 Å². The minimum absolute atomic E-state index is 0.106. The second kappa shape index (κ2) is 11.8. The van der Waals surface area contributed by atoms with Gasteiger partial charge in [-0.2, -0.15) is 0 Å². The van der Waals surface area contributed by atoms with E-state index in [1.165, 1.54) is 86.6 Å². The summed E-state index contributed by atoms with van der Waals surface area (Å²) in [5, 5.41) is 8.70. The molecule has 8 aromatic carbocycles. The summed E-state index contributed by atoms with van der Waals surface area (Å²) in [5.41, 5.74) is 13.9. The Morgan fingerprint density at radius 1 is 0.475 bits per heavy atom. The third-order valence-corrected chi connectivity index (χ3v) is 15.3. The number of hydrogen-bond donors (Lipinski definition) is 0. The molecule has 10 aromatic rings. The van der Waals surface area contributed by atoms with Crippen LogP contribution in [0.5, 0.6) is 0 Å². The molecule has 0 saturated heterocycles. The Hall–Kier alpha value is -6.58. The summed E-state index contributed by atoms with van der Waals surface area (Å²) < 4.78 is 2.58. The number of nitrogens with zero attached hydrogens (tertiary/aromatic N) is 3. The van der Waals surface area contributed by atoms with Gasteiger partial charge in [-0.1, -0.05) is 127 Å². The second-order valence-electron chi connectivity index (χ2n) is 18.1. The molecule has 2 aromatic heterocycles. The molecule has 0 radical (unpaired) electrons. The van der Waals surface area contributed by atoms with E-state index in [0.29, 0.717) is 0 Å². The van der Waals surface area contributed by atoms with E-state index in [1.54, 1.807) is 11.1 Å². The van der Waals surface area contributed by atoms with E-state index in [4.69, 9.17) is 9.97 Å². The standard InChI is InChI=1S/C56H41N3/c1-2-12-35(13-3-1)54-44-19-9-11-21-48(44)57-55(58-54)39-29-38-16-6-7-17-42(38)50(32-39)59-49-23-22-47-52(53(49)45-30-36-14-4-5-15-37(36)31-51(45)59)43-18-8-10-20-46(43)56(47)40-25-33-24-34(27-40)28-41(56)26-33/h1-23,29-34,40-41H,24-28H2. The van der Waals surface area contributed by atoms with E-state index in [2.05, 4.69) is 168 Å². The summed E-state index contributed by atoms with van der Waals surface area (Å²) in [4.78, 5) is 10.6. The molecule has 1 spiro atoms. The van der Waals surface area contributed by atoms with E-state index >= 15 is 0 Å². The molecule has 0 unspecified atom stereocenters. The van der Waals surface area contributed by atoms with Gasteiger partial charge in [-0.25, -0.2) is 9.97 Å². The van der Waals surface area contributed by atoms with E-state index in [0.717, 1.165) is 62.9 Å². The van der Waals surface area contributed by atoms with Gasteiger partial charge >= 0.3 is 0 Å². The van der Waals surface area contributed by atoms with Crippen LogP contribution in [0, 0.1) is 23.7 Å². The Morgan fingerprint density at radius 3 is 1.97 bits per heavy atom. The van der Waals surface area contributed by atoms with Gasteiger partial charge in [0, 0.05) is 38.1 Å². The number of aromatic nitrogens is 3. The molecule has 3 heteroatoms. The third-order valence-electron chi connectivity index (χ3n) is 15.3. The highest BCUT2D eigenvalue weighted by molar-refractivity contribution is 6.21. The van der Waals surface area contributed by atoms with Gasteiger partial charge in [0.25, 0.3) is 0 Å². The van der Waals surface area contributed by atoms with Crippen LogP contribution in [0.2, 0.25) is 0 Å². The lowest BCUT2D eigenvalue weighted by atomic mass is 9.43. The van der Waals surface area contributed by atoms with Crippen LogP contribution < -0.4 is 0 Å². The number of rotatable bonds is 3. The van der Waals surface area contributed by atoms with E-state index in [9.17, 15) is 0 Å². The Labute approximate surface area is 343 Å². The van der Waals surface area contributed by atoms with Crippen molar-refractivity contribution in [3.05, 3.63) is 175 Å². The van der Waals surface area contributed by atoms with Crippen LogP contribution in [0.1, 0.15) is 43.2 Å². The molecule has 4 saturated carbocycles. The maximum absolute atomic E-state index is 5.37. The molecular formula is C56H41N3. The summed E-state index contributed by atoms with van der Waals surface area (Å²) >= 11 is 0. The molecule has 280 valence electrons. The molecule has 0 atom stereocenters. The maximum atomic E-state index is 5.37. The first kappa shape index (κ1) is 32.4. The average Bonchev–Trinajstić information content (AvgIpc) is 3.76. The Bertz CT molecular complexity index is 3380. The Balaban J connectivity index is 1.09. The lowest BCUT2D eigenvalue weighted by Crippen LogP contribution is -2.55. The predicted molar refractivity (Wildman–Crippen MR) is 243 cm³/mol. The van der Waals surface area contributed by atoms with Crippen LogP contribution in [0.15, 0.2) is 164 Å². The molecule has 3 nitrogen and oxygen atoms in total. The van der Waals surface area contributed by atoms with Crippen molar-refractivity contribution in [1.29, 1.82) is 0 Å². The first-order valence-electron chi connectivity index (χ1n) is 21.7. The van der Waals surface area contributed by atoms with Crippen molar-refractivity contribution in [3.63, 3.8) is 0 Å². The number of para-hydroxylation sites is 1. The van der Waals surface area contributed by atoms with Crippen molar-refractivity contribution in [1.82, 2.24) is 14.5 Å². The normalized spacial score (nSPS) is 22.6. The molecule has 59 heavy (non-hydrogen) atoms. The molecule has 15 rings (SSSR count). The van der Waals surface area contributed by atoms with Crippen LogP contribution in [-0.2, 0) is 5.41 Å². The highest BCUT2D eigenvalue weighted by atomic mass is 15.0. The fourth-order valence-electron chi connectivity index (χ4n) is 13.3. The molecule has 5 aliphatic rings. The van der Waals surface area contributed by atoms with Crippen LogP contribution in [0.3, 0.4) is 0 Å². The van der Waals surface area contributed by atoms with E-state index in [-0.39, 0.29) is 5.41 Å². The van der Waals surface area contributed by atoms with Gasteiger partial charge in [-0.05, 0) is 131 Å². The van der Waals surface area contributed by atoms with Gasteiger partial charge in [0.05, 0.1) is 27.9 Å². The lowest BCUT2D eigenvalue weighted by molar-refractivity contribution is -0.0399. The highest BCUT2D eigenvalue weighted by Gasteiger charge is 2.61. The molecule has 2 heterocycles. The first-order valence-corrected chi connectivity index (χ1v) is 21.7. The summed E-state index contributed by atoms with van der Waals surface area (Å²) in [7, 11) is 0. The predicted octanol–water partition coefficient (Wildman–Crippen LogP) is 14.1. The topological polar surface area (TPSA) is 30.7 Å². The van der Waals surface area contributed by atoms with Crippen molar-refractivity contribution >= 4 is 54.3 Å². The van der Waals surface area contributed by atoms with Crippen LogP contribution in [0.25, 0.3) is 93.7 Å². The molecule has 4 bridgehead atoms. The molecule has 0 N–H and O–H groups in total. The SMILES string of the molecule is c1ccc(-c2nc(-c3cc(-n4c5cc6ccccc6cc5c5c6c(ccc54)C4(c5ccccc5-6)C5CC6CC(C5)CC4C6)c4ccccc4c3)nc3ccccc23)cc1. The summed E-state index contributed by atoms with van der Waals surface area (Å²) in [6.07, 6.45) is 6.99. The zero-order chi connectivity index (χ0) is 38.4.